The molecule has 0 saturated carbocycles. The number of likely N-dealkylation sites (N-methyl/N-ethyl adjacent to an activating group) is 1. The number of phenolic OH excluding ortho intramolecular Hbond substituents is 1. The Hall–Kier alpha value is -1.79. The Labute approximate surface area is 156 Å². The van der Waals surface area contributed by atoms with Crippen LogP contribution in [0.25, 0.3) is 0 Å². The minimum atomic E-state index is -0.0561. The Morgan fingerprint density at radius 1 is 1.15 bits per heavy atom. The molecule has 1 aromatic carbocycles. The quantitative estimate of drug-likeness (QED) is 0.888. The molecular formula is C20H31N3O3. The van der Waals surface area contributed by atoms with E-state index in [1.54, 1.807) is 19.2 Å². The molecule has 2 aliphatic heterocycles. The van der Waals surface area contributed by atoms with Gasteiger partial charge in [-0.2, -0.15) is 0 Å². The van der Waals surface area contributed by atoms with Crippen LogP contribution in [0.2, 0.25) is 0 Å². The number of carbonyl (C=O) groups is 1. The van der Waals surface area contributed by atoms with Crippen molar-refractivity contribution in [1.82, 2.24) is 14.7 Å². The molecule has 26 heavy (non-hydrogen) atoms. The van der Waals surface area contributed by atoms with Crippen LogP contribution in [0, 0.1) is 5.41 Å². The van der Waals surface area contributed by atoms with Crippen LogP contribution in [0.1, 0.15) is 30.1 Å². The van der Waals surface area contributed by atoms with E-state index in [1.807, 2.05) is 4.90 Å². The van der Waals surface area contributed by atoms with Crippen molar-refractivity contribution < 1.29 is 14.6 Å². The molecule has 2 fully saturated rings. The van der Waals surface area contributed by atoms with Crippen LogP contribution in [0.4, 0.5) is 0 Å². The van der Waals surface area contributed by atoms with E-state index in [0.29, 0.717) is 11.3 Å². The number of hydrogen-bond acceptors (Lipinski definition) is 5. The smallest absolute Gasteiger partial charge is 0.257 e. The van der Waals surface area contributed by atoms with Gasteiger partial charge in [0.05, 0.1) is 12.7 Å². The van der Waals surface area contributed by atoms with Gasteiger partial charge in [0.2, 0.25) is 0 Å². The number of piperazine rings is 1. The number of likely N-dealkylation sites (tertiary alicyclic amines) is 1. The number of ether oxygens (including phenoxy) is 1. The summed E-state index contributed by atoms with van der Waals surface area (Å²) in [6, 6.07) is 4.68. The van der Waals surface area contributed by atoms with Crippen molar-refractivity contribution in [2.24, 2.45) is 5.41 Å². The molecule has 2 aliphatic rings. The Balaban J connectivity index is 1.59. The standard InChI is InChI=1S/C20H31N3O3/c1-20(15-22-12-10-21(2)11-13-22)6-8-23(9-7-20)19(25)17-14-16(24)4-5-18(17)26-3/h4-5,14,24H,6-13,15H2,1-3H3. The molecule has 0 bridgehead atoms. The SMILES string of the molecule is COc1ccc(O)cc1C(=O)N1CCC(C)(CN2CCN(C)CC2)CC1. The first-order chi connectivity index (χ1) is 12.4. The molecular weight excluding hydrogens is 330 g/mol. The molecule has 144 valence electrons. The molecule has 6 nitrogen and oxygen atoms in total. The number of carbonyl (C=O) groups excluding carboxylic acids is 1. The van der Waals surface area contributed by atoms with Crippen molar-refractivity contribution in [3.05, 3.63) is 23.8 Å². The van der Waals surface area contributed by atoms with E-state index in [0.717, 1.165) is 58.7 Å². The molecule has 0 atom stereocenters. The van der Waals surface area contributed by atoms with Crippen molar-refractivity contribution in [2.75, 3.05) is 60.0 Å². The monoisotopic (exact) mass is 361 g/mol. The third kappa shape index (κ3) is 4.30. The van der Waals surface area contributed by atoms with E-state index < -0.39 is 0 Å². The van der Waals surface area contributed by atoms with E-state index >= 15 is 0 Å². The van der Waals surface area contributed by atoms with Gasteiger partial charge in [-0.1, -0.05) is 6.92 Å². The van der Waals surface area contributed by atoms with Gasteiger partial charge in [0, 0.05) is 45.8 Å². The highest BCUT2D eigenvalue weighted by atomic mass is 16.5. The number of amides is 1. The number of phenols is 1. The summed E-state index contributed by atoms with van der Waals surface area (Å²) in [6.45, 7) is 9.50. The van der Waals surface area contributed by atoms with E-state index in [2.05, 4.69) is 23.8 Å². The van der Waals surface area contributed by atoms with Gasteiger partial charge in [-0.3, -0.25) is 4.79 Å². The fourth-order valence-electron chi connectivity index (χ4n) is 3.99. The molecule has 2 saturated heterocycles. The Kier molecular flexibility index (Phi) is 5.73. The average molecular weight is 361 g/mol. The molecule has 1 amide bonds. The van der Waals surface area contributed by atoms with Gasteiger partial charge < -0.3 is 24.5 Å². The van der Waals surface area contributed by atoms with E-state index in [4.69, 9.17) is 4.74 Å². The van der Waals surface area contributed by atoms with E-state index in [9.17, 15) is 9.90 Å². The largest absolute Gasteiger partial charge is 0.508 e. The second-order valence-electron chi connectivity index (χ2n) is 8.07. The topological polar surface area (TPSA) is 56.3 Å². The van der Waals surface area contributed by atoms with Gasteiger partial charge in [-0.25, -0.2) is 0 Å². The molecule has 0 radical (unpaired) electrons. The second-order valence-corrected chi connectivity index (χ2v) is 8.07. The molecule has 0 aliphatic carbocycles. The summed E-state index contributed by atoms with van der Waals surface area (Å²) < 4.78 is 5.29. The zero-order valence-corrected chi connectivity index (χ0v) is 16.2. The van der Waals surface area contributed by atoms with Crippen LogP contribution in [-0.2, 0) is 0 Å². The molecule has 0 unspecified atom stereocenters. The predicted molar refractivity (Wildman–Crippen MR) is 102 cm³/mol. The molecule has 1 aromatic rings. The normalized spacial score (nSPS) is 21.6. The second kappa shape index (κ2) is 7.84. The molecule has 2 heterocycles. The summed E-state index contributed by atoms with van der Waals surface area (Å²) in [4.78, 5) is 19.7. The molecule has 0 aromatic heterocycles. The molecule has 1 N–H and O–H groups in total. The molecule has 3 rings (SSSR count). The zero-order chi connectivity index (χ0) is 18.7. The predicted octanol–water partition coefficient (Wildman–Crippen LogP) is 1.89. The minimum absolute atomic E-state index is 0.0561. The van der Waals surface area contributed by atoms with Crippen molar-refractivity contribution in [2.45, 2.75) is 19.8 Å². The third-order valence-corrected chi connectivity index (χ3v) is 5.87. The number of hydrogen-bond donors (Lipinski definition) is 1. The number of benzene rings is 1. The van der Waals surface area contributed by atoms with Crippen LogP contribution in [0.15, 0.2) is 18.2 Å². The van der Waals surface area contributed by atoms with Crippen molar-refractivity contribution >= 4 is 5.91 Å². The first kappa shape index (κ1) is 19.0. The first-order valence-corrected chi connectivity index (χ1v) is 9.47. The third-order valence-electron chi connectivity index (χ3n) is 5.87. The lowest BCUT2D eigenvalue weighted by Gasteiger charge is -2.44. The van der Waals surface area contributed by atoms with Crippen LogP contribution in [-0.4, -0.2) is 85.7 Å². The van der Waals surface area contributed by atoms with Crippen molar-refractivity contribution in [3.63, 3.8) is 0 Å². The maximum Gasteiger partial charge on any atom is 0.257 e. The number of nitrogens with zero attached hydrogens (tertiary/aromatic N) is 3. The van der Waals surface area contributed by atoms with Crippen LogP contribution >= 0.6 is 0 Å². The summed E-state index contributed by atoms with van der Waals surface area (Å²) in [5, 5.41) is 9.73. The minimum Gasteiger partial charge on any atom is -0.508 e. The Morgan fingerprint density at radius 2 is 1.81 bits per heavy atom. The van der Waals surface area contributed by atoms with Gasteiger partial charge in [0.25, 0.3) is 5.91 Å². The van der Waals surface area contributed by atoms with E-state index in [-0.39, 0.29) is 17.1 Å². The van der Waals surface area contributed by atoms with Gasteiger partial charge in [-0.05, 0) is 43.5 Å². The summed E-state index contributed by atoms with van der Waals surface area (Å²) in [7, 11) is 3.73. The fourth-order valence-corrected chi connectivity index (χ4v) is 3.99. The number of aromatic hydroxyl groups is 1. The molecule has 6 heteroatoms. The Morgan fingerprint density at radius 3 is 2.42 bits per heavy atom. The van der Waals surface area contributed by atoms with Crippen LogP contribution in [0.5, 0.6) is 11.5 Å². The molecule has 0 spiro atoms. The number of piperidine rings is 1. The zero-order valence-electron chi connectivity index (χ0n) is 16.2. The first-order valence-electron chi connectivity index (χ1n) is 9.47. The number of methoxy groups -OCH3 is 1. The van der Waals surface area contributed by atoms with Crippen LogP contribution in [0.3, 0.4) is 0 Å². The lowest BCUT2D eigenvalue weighted by Crippen LogP contribution is -2.51. The van der Waals surface area contributed by atoms with Crippen LogP contribution < -0.4 is 4.74 Å². The average Bonchev–Trinajstić information content (AvgIpc) is 2.63. The van der Waals surface area contributed by atoms with Gasteiger partial charge in [-0.15, -0.1) is 0 Å². The van der Waals surface area contributed by atoms with Crippen molar-refractivity contribution in [1.29, 1.82) is 0 Å². The summed E-state index contributed by atoms with van der Waals surface area (Å²) in [5.41, 5.74) is 0.700. The highest BCUT2D eigenvalue weighted by Crippen LogP contribution is 2.34. The summed E-state index contributed by atoms with van der Waals surface area (Å²) in [6.07, 6.45) is 2.01. The van der Waals surface area contributed by atoms with E-state index in [1.165, 1.54) is 6.07 Å². The lowest BCUT2D eigenvalue weighted by atomic mass is 9.79. The van der Waals surface area contributed by atoms with Gasteiger partial charge >= 0.3 is 0 Å². The van der Waals surface area contributed by atoms with Crippen molar-refractivity contribution in [3.8, 4) is 11.5 Å². The number of rotatable bonds is 4. The maximum atomic E-state index is 12.9. The Bertz CT molecular complexity index is 633. The highest BCUT2D eigenvalue weighted by molar-refractivity contribution is 5.97. The summed E-state index contributed by atoms with van der Waals surface area (Å²) in [5.74, 6) is 0.545. The fraction of sp³-hybridized carbons (Fsp3) is 0.650. The van der Waals surface area contributed by atoms with Gasteiger partial charge in [0.15, 0.2) is 0 Å². The lowest BCUT2D eigenvalue weighted by molar-refractivity contribution is 0.0430. The van der Waals surface area contributed by atoms with Gasteiger partial charge in [0.1, 0.15) is 11.5 Å². The highest BCUT2D eigenvalue weighted by Gasteiger charge is 2.34. The summed E-state index contributed by atoms with van der Waals surface area (Å²) >= 11 is 0. The maximum absolute atomic E-state index is 12.9.